The fourth-order valence-corrected chi connectivity index (χ4v) is 2.16. The van der Waals surface area contributed by atoms with Crippen LogP contribution >= 0.6 is 0 Å². The second-order valence-corrected chi connectivity index (χ2v) is 4.53. The van der Waals surface area contributed by atoms with E-state index >= 15 is 0 Å². The molecule has 0 atom stereocenters. The fraction of sp³-hybridized carbons (Fsp3) is 0.455. The summed E-state index contributed by atoms with van der Waals surface area (Å²) < 4.78 is 57.2. The van der Waals surface area contributed by atoms with Crippen LogP contribution in [0.1, 0.15) is 18.4 Å². The molecule has 0 saturated heterocycles. The Balaban J connectivity index is 2.56. The summed E-state index contributed by atoms with van der Waals surface area (Å²) in [4.78, 5) is 0. The Hall–Kier alpha value is -1.28. The van der Waals surface area contributed by atoms with Gasteiger partial charge < -0.3 is 14.8 Å². The van der Waals surface area contributed by atoms with Crippen LogP contribution in [-0.4, -0.2) is 30.5 Å². The molecular formula is C11H11BF4O3. The number of hydrogen-bond acceptors (Lipinski definition) is 3. The molecule has 1 aliphatic carbocycles. The van der Waals surface area contributed by atoms with Crippen molar-refractivity contribution in [2.45, 2.75) is 24.4 Å². The molecule has 0 aliphatic heterocycles. The maximum atomic E-state index is 13.7. The van der Waals surface area contributed by atoms with Crippen LogP contribution in [0.4, 0.5) is 17.6 Å². The number of benzene rings is 1. The third-order valence-corrected chi connectivity index (χ3v) is 3.40. The average Bonchev–Trinajstić information content (AvgIpc) is 3.07. The van der Waals surface area contributed by atoms with Crippen molar-refractivity contribution in [1.29, 1.82) is 0 Å². The summed E-state index contributed by atoms with van der Waals surface area (Å²) in [6.45, 7) is 0. The van der Waals surface area contributed by atoms with Gasteiger partial charge in [-0.2, -0.15) is 13.2 Å². The molecule has 2 N–H and O–H groups in total. The van der Waals surface area contributed by atoms with E-state index in [1.54, 1.807) is 0 Å². The van der Waals surface area contributed by atoms with Gasteiger partial charge in [0.25, 0.3) is 0 Å². The normalized spacial score (nSPS) is 17.2. The molecule has 2 rings (SSSR count). The van der Waals surface area contributed by atoms with Crippen molar-refractivity contribution in [2.24, 2.45) is 0 Å². The molecule has 1 aliphatic rings. The van der Waals surface area contributed by atoms with E-state index in [2.05, 4.69) is 4.74 Å². The summed E-state index contributed by atoms with van der Waals surface area (Å²) in [6.07, 6.45) is -4.77. The number of alkyl halides is 3. The lowest BCUT2D eigenvalue weighted by Gasteiger charge is -2.21. The summed E-state index contributed by atoms with van der Waals surface area (Å²) in [6, 6.07) is 1.68. The lowest BCUT2D eigenvalue weighted by Crippen LogP contribution is -2.35. The van der Waals surface area contributed by atoms with Crippen molar-refractivity contribution < 1.29 is 32.3 Å². The van der Waals surface area contributed by atoms with Crippen LogP contribution in [0.2, 0.25) is 0 Å². The summed E-state index contributed by atoms with van der Waals surface area (Å²) in [5.41, 5.74) is -2.79. The van der Waals surface area contributed by atoms with Gasteiger partial charge in [-0.15, -0.1) is 0 Å². The van der Waals surface area contributed by atoms with E-state index in [4.69, 9.17) is 10.0 Å². The fourth-order valence-electron chi connectivity index (χ4n) is 2.16. The lowest BCUT2D eigenvalue weighted by atomic mass is 9.77. The molecule has 3 nitrogen and oxygen atoms in total. The number of methoxy groups -OCH3 is 1. The number of rotatable bonds is 3. The Labute approximate surface area is 107 Å². The first-order valence-corrected chi connectivity index (χ1v) is 5.54. The van der Waals surface area contributed by atoms with Gasteiger partial charge in [-0.05, 0) is 24.5 Å². The summed E-state index contributed by atoms with van der Waals surface area (Å²) in [5.74, 6) is -1.50. The molecule has 1 saturated carbocycles. The Morgan fingerprint density at radius 1 is 1.26 bits per heavy atom. The van der Waals surface area contributed by atoms with Gasteiger partial charge in [-0.1, -0.05) is 6.07 Å². The smallest absolute Gasteiger partial charge is 0.492 e. The second-order valence-electron chi connectivity index (χ2n) is 4.53. The minimum absolute atomic E-state index is 0.136. The molecule has 1 fully saturated rings. The second kappa shape index (κ2) is 4.38. The van der Waals surface area contributed by atoms with Crippen LogP contribution < -0.4 is 10.2 Å². The molecule has 0 bridgehead atoms. The zero-order chi connectivity index (χ0) is 14.4. The topological polar surface area (TPSA) is 49.7 Å². The van der Waals surface area contributed by atoms with Crippen LogP contribution in [0.25, 0.3) is 0 Å². The van der Waals surface area contributed by atoms with Crippen LogP contribution in [0.3, 0.4) is 0 Å². The van der Waals surface area contributed by atoms with Crippen molar-refractivity contribution in [3.63, 3.8) is 0 Å². The molecule has 0 radical (unpaired) electrons. The molecule has 1 aromatic carbocycles. The Morgan fingerprint density at radius 3 is 2.21 bits per heavy atom. The molecule has 0 aromatic heterocycles. The first kappa shape index (κ1) is 14.1. The van der Waals surface area contributed by atoms with Crippen LogP contribution in [0.5, 0.6) is 5.75 Å². The molecule has 104 valence electrons. The maximum absolute atomic E-state index is 13.7. The summed E-state index contributed by atoms with van der Waals surface area (Å²) in [7, 11) is -1.01. The molecule has 0 spiro atoms. The van der Waals surface area contributed by atoms with Gasteiger partial charge in [0.15, 0.2) is 11.6 Å². The summed E-state index contributed by atoms with van der Waals surface area (Å²) >= 11 is 0. The van der Waals surface area contributed by atoms with Gasteiger partial charge >= 0.3 is 13.3 Å². The van der Waals surface area contributed by atoms with Gasteiger partial charge in [0.1, 0.15) is 0 Å². The van der Waals surface area contributed by atoms with Crippen molar-refractivity contribution in [3.8, 4) is 5.75 Å². The highest BCUT2D eigenvalue weighted by atomic mass is 19.4. The van der Waals surface area contributed by atoms with E-state index in [-0.39, 0.29) is 18.4 Å². The minimum atomic E-state index is -4.49. The van der Waals surface area contributed by atoms with E-state index in [0.29, 0.717) is 0 Å². The largest absolute Gasteiger partial charge is 0.494 e. The van der Waals surface area contributed by atoms with Crippen molar-refractivity contribution in [1.82, 2.24) is 0 Å². The predicted molar refractivity (Wildman–Crippen MR) is 59.7 cm³/mol. The Bertz CT molecular complexity index is 497. The quantitative estimate of drug-likeness (QED) is 0.643. The molecule has 19 heavy (non-hydrogen) atoms. The third-order valence-electron chi connectivity index (χ3n) is 3.40. The molecule has 0 unspecified atom stereocenters. The van der Waals surface area contributed by atoms with E-state index in [0.717, 1.165) is 19.2 Å². The van der Waals surface area contributed by atoms with Gasteiger partial charge in [0, 0.05) is 5.46 Å². The predicted octanol–water partition coefficient (Wildman–Crippen LogP) is 1.11. The van der Waals surface area contributed by atoms with E-state index < -0.39 is 35.7 Å². The van der Waals surface area contributed by atoms with Crippen LogP contribution in [0, 0.1) is 5.82 Å². The molecule has 8 heteroatoms. The van der Waals surface area contributed by atoms with Gasteiger partial charge in [-0.3, -0.25) is 0 Å². The van der Waals surface area contributed by atoms with E-state index in [1.165, 1.54) is 0 Å². The third kappa shape index (κ3) is 2.19. The van der Waals surface area contributed by atoms with Gasteiger partial charge in [0.2, 0.25) is 0 Å². The molecular weight excluding hydrogens is 267 g/mol. The van der Waals surface area contributed by atoms with Gasteiger partial charge in [0.05, 0.1) is 12.5 Å². The average molecular weight is 278 g/mol. The van der Waals surface area contributed by atoms with Gasteiger partial charge in [-0.25, -0.2) is 4.39 Å². The molecule has 1 aromatic rings. The number of ether oxygens (including phenoxy) is 1. The number of halogens is 4. The molecule has 0 amide bonds. The maximum Gasteiger partial charge on any atom is 0.492 e. The Morgan fingerprint density at radius 2 is 1.84 bits per heavy atom. The monoisotopic (exact) mass is 278 g/mol. The zero-order valence-corrected chi connectivity index (χ0v) is 9.96. The van der Waals surface area contributed by atoms with Crippen LogP contribution in [0.15, 0.2) is 12.1 Å². The highest BCUT2D eigenvalue weighted by molar-refractivity contribution is 6.59. The summed E-state index contributed by atoms with van der Waals surface area (Å²) in [5, 5.41) is 18.2. The minimum Gasteiger partial charge on any atom is -0.494 e. The van der Waals surface area contributed by atoms with Crippen molar-refractivity contribution in [3.05, 3.63) is 23.5 Å². The number of hydrogen-bond donors (Lipinski definition) is 2. The van der Waals surface area contributed by atoms with Crippen molar-refractivity contribution in [2.75, 3.05) is 7.11 Å². The first-order chi connectivity index (χ1) is 8.73. The SMILES string of the molecule is COc1c(F)cc(C2(C(F)(F)F)CC2)cc1B(O)O. The molecule has 0 heterocycles. The van der Waals surface area contributed by atoms with Crippen molar-refractivity contribution >= 4 is 12.6 Å². The van der Waals surface area contributed by atoms with E-state index in [1.807, 2.05) is 0 Å². The van der Waals surface area contributed by atoms with E-state index in [9.17, 15) is 17.6 Å². The highest BCUT2D eigenvalue weighted by Gasteiger charge is 2.64. The van der Waals surface area contributed by atoms with Crippen LogP contribution in [-0.2, 0) is 5.41 Å². The Kier molecular flexibility index (Phi) is 3.26. The standard InChI is InChI=1S/C11H11BF4O3/c1-19-9-7(12(17)18)4-6(5-8(9)13)10(2-3-10)11(14,15)16/h4-5,17-18H,2-3H2,1H3. The highest BCUT2D eigenvalue weighted by Crippen LogP contribution is 2.59. The lowest BCUT2D eigenvalue weighted by molar-refractivity contribution is -0.160. The zero-order valence-electron chi connectivity index (χ0n) is 9.96. The first-order valence-electron chi connectivity index (χ1n) is 5.54.